The second kappa shape index (κ2) is 3.93. The van der Waals surface area contributed by atoms with Crippen LogP contribution >= 0.6 is 11.3 Å². The highest BCUT2D eigenvalue weighted by Gasteiger charge is 1.99. The largest absolute Gasteiger partial charge is 0.394 e. The molecule has 1 rings (SSSR count). The molecule has 1 aromatic heterocycles. The number of thiophene rings is 1. The maximum atomic E-state index is 11.1. The maximum Gasteiger partial charge on any atom is 0.188 e. The van der Waals surface area contributed by atoms with Crippen molar-refractivity contribution in [3.63, 3.8) is 0 Å². The summed E-state index contributed by atoms with van der Waals surface area (Å²) < 4.78 is 0. The van der Waals surface area contributed by atoms with Crippen LogP contribution in [0.4, 0.5) is 0 Å². The highest BCUT2D eigenvalue weighted by Crippen LogP contribution is 2.06. The van der Waals surface area contributed by atoms with Gasteiger partial charge in [-0.05, 0) is 11.4 Å². The van der Waals surface area contributed by atoms with E-state index in [-0.39, 0.29) is 5.78 Å². The van der Waals surface area contributed by atoms with Crippen LogP contribution in [-0.2, 0) is 0 Å². The number of carbonyl (C=O) groups excluding carboxylic acids is 1. The molecule has 0 amide bonds. The average Bonchev–Trinajstić information content (AvgIpc) is 2.52. The lowest BCUT2D eigenvalue weighted by atomic mass is 10.2. The van der Waals surface area contributed by atoms with Crippen LogP contribution in [0.2, 0.25) is 0 Å². The van der Waals surface area contributed by atoms with Gasteiger partial charge in [0.25, 0.3) is 0 Å². The van der Waals surface area contributed by atoms with E-state index in [1.807, 2.05) is 16.8 Å². The van der Waals surface area contributed by atoms with Gasteiger partial charge in [0.15, 0.2) is 5.78 Å². The lowest BCUT2D eigenvalue weighted by Crippen LogP contribution is -1.96. The minimum absolute atomic E-state index is 0.0422. The van der Waals surface area contributed by atoms with Gasteiger partial charge in [0, 0.05) is 30.3 Å². The zero-order valence-corrected chi connectivity index (χ0v) is 7.02. The van der Waals surface area contributed by atoms with Crippen LogP contribution in [0.1, 0.15) is 10.4 Å². The first-order valence-corrected chi connectivity index (χ1v) is 4.19. The summed E-state index contributed by atoms with van der Waals surface area (Å²) in [7, 11) is 1.76. The lowest BCUT2D eigenvalue weighted by Gasteiger charge is -1.87. The molecular weight excluding hydrogens is 158 g/mol. The molecule has 0 spiro atoms. The molecule has 0 aliphatic carbocycles. The quantitative estimate of drug-likeness (QED) is 0.548. The van der Waals surface area contributed by atoms with Gasteiger partial charge in [0.2, 0.25) is 0 Å². The highest BCUT2D eigenvalue weighted by atomic mass is 32.1. The SMILES string of the molecule is CN/C=C/C(=O)c1ccsc1. The van der Waals surface area contributed by atoms with E-state index in [0.29, 0.717) is 0 Å². The zero-order valence-electron chi connectivity index (χ0n) is 6.20. The van der Waals surface area contributed by atoms with E-state index < -0.39 is 0 Å². The fourth-order valence-electron chi connectivity index (χ4n) is 0.660. The van der Waals surface area contributed by atoms with Crippen molar-refractivity contribution in [3.05, 3.63) is 34.7 Å². The normalized spacial score (nSPS) is 10.3. The summed E-state index contributed by atoms with van der Waals surface area (Å²) in [5.41, 5.74) is 0.751. The lowest BCUT2D eigenvalue weighted by molar-refractivity contribution is 0.104. The monoisotopic (exact) mass is 167 g/mol. The van der Waals surface area contributed by atoms with E-state index >= 15 is 0 Å². The molecule has 0 aromatic carbocycles. The number of carbonyl (C=O) groups is 1. The van der Waals surface area contributed by atoms with E-state index in [9.17, 15) is 4.79 Å². The molecule has 2 nitrogen and oxygen atoms in total. The van der Waals surface area contributed by atoms with Gasteiger partial charge in [0.05, 0.1) is 0 Å². The van der Waals surface area contributed by atoms with Crippen molar-refractivity contribution in [2.24, 2.45) is 0 Å². The summed E-state index contributed by atoms with van der Waals surface area (Å²) in [6.45, 7) is 0. The van der Waals surface area contributed by atoms with E-state index in [1.54, 1.807) is 13.2 Å². The predicted octanol–water partition coefficient (Wildman–Crippen LogP) is 1.66. The van der Waals surface area contributed by atoms with Crippen LogP contribution in [-0.4, -0.2) is 12.8 Å². The Morgan fingerprint density at radius 3 is 3.09 bits per heavy atom. The summed E-state index contributed by atoms with van der Waals surface area (Å²) in [6, 6.07) is 1.81. The van der Waals surface area contributed by atoms with Gasteiger partial charge in [-0.15, -0.1) is 0 Å². The smallest absolute Gasteiger partial charge is 0.188 e. The molecule has 0 fully saturated rings. The number of nitrogens with one attached hydrogen (secondary N) is 1. The Morgan fingerprint density at radius 1 is 1.73 bits per heavy atom. The van der Waals surface area contributed by atoms with Gasteiger partial charge in [-0.2, -0.15) is 11.3 Å². The summed E-state index contributed by atoms with van der Waals surface area (Å²) in [4.78, 5) is 11.1. The van der Waals surface area contributed by atoms with Crippen molar-refractivity contribution in [3.8, 4) is 0 Å². The predicted molar refractivity (Wildman–Crippen MR) is 46.8 cm³/mol. The Bertz CT molecular complexity index is 251. The van der Waals surface area contributed by atoms with E-state index in [2.05, 4.69) is 5.32 Å². The molecule has 0 saturated heterocycles. The number of allylic oxidation sites excluding steroid dienone is 1. The van der Waals surface area contributed by atoms with Crippen molar-refractivity contribution < 1.29 is 4.79 Å². The van der Waals surface area contributed by atoms with E-state index in [4.69, 9.17) is 0 Å². The van der Waals surface area contributed by atoms with Gasteiger partial charge in [-0.25, -0.2) is 0 Å². The third kappa shape index (κ3) is 2.20. The third-order valence-corrected chi connectivity index (χ3v) is 1.89. The fraction of sp³-hybridized carbons (Fsp3) is 0.125. The van der Waals surface area contributed by atoms with Gasteiger partial charge in [0.1, 0.15) is 0 Å². The third-order valence-electron chi connectivity index (χ3n) is 1.21. The average molecular weight is 167 g/mol. The molecule has 1 aromatic rings. The van der Waals surface area contributed by atoms with Crippen molar-refractivity contribution in [1.82, 2.24) is 5.32 Å². The van der Waals surface area contributed by atoms with Crippen LogP contribution in [0, 0.1) is 0 Å². The minimum atomic E-state index is 0.0422. The summed E-state index contributed by atoms with van der Waals surface area (Å²) in [5, 5.41) is 6.49. The highest BCUT2D eigenvalue weighted by molar-refractivity contribution is 7.08. The molecule has 0 aliphatic rings. The van der Waals surface area contributed by atoms with E-state index in [1.165, 1.54) is 17.4 Å². The Kier molecular flexibility index (Phi) is 2.86. The first-order chi connectivity index (χ1) is 5.34. The molecule has 0 saturated carbocycles. The molecule has 0 radical (unpaired) electrons. The number of rotatable bonds is 3. The molecule has 3 heteroatoms. The number of hydrogen-bond acceptors (Lipinski definition) is 3. The summed E-state index contributed by atoms with van der Waals surface area (Å²) in [6.07, 6.45) is 3.14. The first-order valence-electron chi connectivity index (χ1n) is 3.25. The van der Waals surface area contributed by atoms with Crippen LogP contribution in [0.15, 0.2) is 29.1 Å². The zero-order chi connectivity index (χ0) is 8.10. The fourth-order valence-corrected chi connectivity index (χ4v) is 1.30. The van der Waals surface area contributed by atoms with Gasteiger partial charge in [-0.3, -0.25) is 4.79 Å². The van der Waals surface area contributed by atoms with Gasteiger partial charge < -0.3 is 5.32 Å². The number of hydrogen-bond donors (Lipinski definition) is 1. The summed E-state index contributed by atoms with van der Waals surface area (Å²) in [5.74, 6) is 0.0422. The molecule has 0 bridgehead atoms. The molecule has 0 unspecified atom stereocenters. The Hall–Kier alpha value is -1.09. The first kappa shape index (κ1) is 8.01. The standard InChI is InChI=1S/C8H9NOS/c1-9-4-2-8(10)7-3-5-11-6-7/h2-6,9H,1H3/b4-2+. The Morgan fingerprint density at radius 2 is 2.55 bits per heavy atom. The molecule has 58 valence electrons. The molecular formula is C8H9NOS. The molecule has 0 aliphatic heterocycles. The van der Waals surface area contributed by atoms with Crippen molar-refractivity contribution in [1.29, 1.82) is 0 Å². The van der Waals surface area contributed by atoms with Gasteiger partial charge in [-0.1, -0.05) is 0 Å². The maximum absolute atomic E-state index is 11.1. The van der Waals surface area contributed by atoms with Crippen LogP contribution in [0.3, 0.4) is 0 Å². The second-order valence-corrected chi connectivity index (χ2v) is 2.78. The molecule has 1 heterocycles. The topological polar surface area (TPSA) is 29.1 Å². The Labute approximate surface area is 69.6 Å². The van der Waals surface area contributed by atoms with Crippen molar-refractivity contribution in [2.75, 3.05) is 7.05 Å². The van der Waals surface area contributed by atoms with Gasteiger partial charge >= 0.3 is 0 Å². The van der Waals surface area contributed by atoms with Crippen LogP contribution in [0.5, 0.6) is 0 Å². The molecule has 1 N–H and O–H groups in total. The van der Waals surface area contributed by atoms with E-state index in [0.717, 1.165) is 5.56 Å². The minimum Gasteiger partial charge on any atom is -0.394 e. The Balaban J connectivity index is 2.64. The molecule has 0 atom stereocenters. The number of ketones is 1. The van der Waals surface area contributed by atoms with Crippen molar-refractivity contribution in [2.45, 2.75) is 0 Å². The van der Waals surface area contributed by atoms with Crippen LogP contribution in [0.25, 0.3) is 0 Å². The summed E-state index contributed by atoms with van der Waals surface area (Å²) >= 11 is 1.53. The second-order valence-electron chi connectivity index (χ2n) is 2.00. The van der Waals surface area contributed by atoms with Crippen LogP contribution < -0.4 is 5.32 Å². The van der Waals surface area contributed by atoms with Crippen molar-refractivity contribution >= 4 is 17.1 Å². The molecule has 11 heavy (non-hydrogen) atoms.